The highest BCUT2D eigenvalue weighted by Gasteiger charge is 2.23. The average Bonchev–Trinajstić information content (AvgIpc) is 2.43. The molecule has 0 fully saturated rings. The molecule has 0 aromatic heterocycles. The van der Waals surface area contributed by atoms with E-state index in [1.165, 1.54) is 0 Å². The number of halogens is 1. The zero-order chi connectivity index (χ0) is 14.6. The quantitative estimate of drug-likeness (QED) is 0.719. The summed E-state index contributed by atoms with van der Waals surface area (Å²) in [4.78, 5) is 0. The highest BCUT2D eigenvalue weighted by atomic mass is 35.5. The minimum Gasteiger partial charge on any atom is -0.482 e. The Morgan fingerprint density at radius 1 is 1.05 bits per heavy atom. The van der Waals surface area contributed by atoms with Crippen LogP contribution in [0.4, 0.5) is 0 Å². The van der Waals surface area contributed by atoms with Gasteiger partial charge >= 0.3 is 0 Å². The van der Waals surface area contributed by atoms with Crippen molar-refractivity contribution in [2.45, 2.75) is 26.4 Å². The molecule has 0 radical (unpaired) electrons. The Morgan fingerprint density at radius 2 is 1.75 bits per heavy atom. The Kier molecular flexibility index (Phi) is 4.37. The largest absolute Gasteiger partial charge is 0.482 e. The Bertz CT molecular complexity index is 648. The van der Waals surface area contributed by atoms with Crippen LogP contribution in [-0.4, -0.2) is 0 Å². The molecule has 0 aliphatic rings. The zero-order valence-corrected chi connectivity index (χ0v) is 12.7. The molecule has 2 rings (SSSR count). The van der Waals surface area contributed by atoms with E-state index < -0.39 is 5.60 Å². The molecule has 0 saturated heterocycles. The third-order valence-electron chi connectivity index (χ3n) is 3.04. The summed E-state index contributed by atoms with van der Waals surface area (Å²) in [5.74, 6) is 6.50. The lowest BCUT2D eigenvalue weighted by Gasteiger charge is -2.27. The topological polar surface area (TPSA) is 9.23 Å². The van der Waals surface area contributed by atoms with Gasteiger partial charge in [-0.25, -0.2) is 0 Å². The molecule has 0 aliphatic carbocycles. The summed E-state index contributed by atoms with van der Waals surface area (Å²) in [6.45, 7) is 5.85. The van der Waals surface area contributed by atoms with Crippen LogP contribution in [0.5, 0.6) is 5.75 Å². The van der Waals surface area contributed by atoms with Crippen LogP contribution in [0.25, 0.3) is 0 Å². The number of hydrogen-bond donors (Lipinski definition) is 0. The molecule has 0 bridgehead atoms. The number of hydrogen-bond acceptors (Lipinski definition) is 1. The second kappa shape index (κ2) is 6.03. The lowest BCUT2D eigenvalue weighted by Crippen LogP contribution is -2.25. The molecule has 2 heteroatoms. The Balaban J connectivity index is 2.27. The van der Waals surface area contributed by atoms with Gasteiger partial charge in [0.2, 0.25) is 0 Å². The third kappa shape index (κ3) is 3.35. The first-order valence-electron chi connectivity index (χ1n) is 6.50. The van der Waals surface area contributed by atoms with Crippen LogP contribution < -0.4 is 4.74 Å². The minimum absolute atomic E-state index is 0.442. The molecular formula is C18H17ClO. The molecule has 0 heterocycles. The van der Waals surface area contributed by atoms with E-state index in [1.807, 2.05) is 62.4 Å². The predicted molar refractivity (Wildman–Crippen MR) is 84.1 cm³/mol. The van der Waals surface area contributed by atoms with Gasteiger partial charge < -0.3 is 4.74 Å². The van der Waals surface area contributed by atoms with Gasteiger partial charge in [-0.1, -0.05) is 47.9 Å². The van der Waals surface area contributed by atoms with Crippen LogP contribution in [0.3, 0.4) is 0 Å². The van der Waals surface area contributed by atoms with Crippen molar-refractivity contribution in [3.63, 3.8) is 0 Å². The van der Waals surface area contributed by atoms with Gasteiger partial charge in [0.25, 0.3) is 0 Å². The van der Waals surface area contributed by atoms with Gasteiger partial charge in [-0.05, 0) is 44.5 Å². The summed E-state index contributed by atoms with van der Waals surface area (Å²) in [7, 11) is 0. The summed E-state index contributed by atoms with van der Waals surface area (Å²) >= 11 is 6.27. The van der Waals surface area contributed by atoms with E-state index in [0.29, 0.717) is 10.8 Å². The van der Waals surface area contributed by atoms with E-state index in [1.54, 1.807) is 6.92 Å². The van der Waals surface area contributed by atoms with Gasteiger partial charge in [-0.15, -0.1) is 5.92 Å². The highest BCUT2D eigenvalue weighted by molar-refractivity contribution is 6.32. The van der Waals surface area contributed by atoms with E-state index >= 15 is 0 Å². The third-order valence-corrected chi connectivity index (χ3v) is 3.33. The average molecular weight is 285 g/mol. The lowest BCUT2D eigenvalue weighted by molar-refractivity contribution is 0.109. The normalized spacial score (nSPS) is 10.6. The van der Waals surface area contributed by atoms with Crippen molar-refractivity contribution in [1.82, 2.24) is 0 Å². The second-order valence-electron chi connectivity index (χ2n) is 5.00. The Labute approximate surface area is 125 Å². The maximum atomic E-state index is 6.27. The molecule has 2 aromatic rings. The van der Waals surface area contributed by atoms with E-state index in [2.05, 4.69) is 11.8 Å². The van der Waals surface area contributed by atoms with E-state index in [9.17, 15) is 0 Å². The van der Waals surface area contributed by atoms with Crippen molar-refractivity contribution >= 4 is 11.6 Å². The van der Waals surface area contributed by atoms with Gasteiger partial charge in [-0.3, -0.25) is 0 Å². The number of ether oxygens (including phenoxy) is 1. The first-order chi connectivity index (χ1) is 9.53. The predicted octanol–water partition coefficient (Wildman–Crippen LogP) is 5.03. The van der Waals surface area contributed by atoms with Gasteiger partial charge in [-0.2, -0.15) is 0 Å². The Morgan fingerprint density at radius 3 is 2.35 bits per heavy atom. The van der Waals surface area contributed by atoms with Crippen LogP contribution in [0, 0.1) is 11.8 Å². The number of benzene rings is 2. The van der Waals surface area contributed by atoms with Crippen LogP contribution in [0.15, 0.2) is 48.5 Å². The van der Waals surface area contributed by atoms with Crippen molar-refractivity contribution in [2.24, 2.45) is 0 Å². The standard InChI is InChI=1S/C18H17ClO/c1-4-8-14-11-12-17(16(19)13-14)20-18(2,3)15-9-6-5-7-10-15/h5-7,9-13H,1-3H3. The summed E-state index contributed by atoms with van der Waals surface area (Å²) in [6.07, 6.45) is 0. The lowest BCUT2D eigenvalue weighted by atomic mass is 9.98. The van der Waals surface area contributed by atoms with Crippen LogP contribution >= 0.6 is 11.6 Å². The monoisotopic (exact) mass is 284 g/mol. The van der Waals surface area contributed by atoms with Crippen molar-refractivity contribution < 1.29 is 4.74 Å². The zero-order valence-electron chi connectivity index (χ0n) is 11.9. The van der Waals surface area contributed by atoms with E-state index in [-0.39, 0.29) is 0 Å². The molecule has 0 N–H and O–H groups in total. The fourth-order valence-corrected chi connectivity index (χ4v) is 2.20. The number of rotatable bonds is 3. The summed E-state index contributed by atoms with van der Waals surface area (Å²) in [5.41, 5.74) is 1.55. The van der Waals surface area contributed by atoms with Gasteiger partial charge in [0.05, 0.1) is 5.02 Å². The fourth-order valence-electron chi connectivity index (χ4n) is 1.98. The first-order valence-corrected chi connectivity index (χ1v) is 6.87. The molecule has 102 valence electrons. The molecule has 0 atom stereocenters. The summed E-state index contributed by atoms with van der Waals surface area (Å²) in [5, 5.41) is 0.578. The molecular weight excluding hydrogens is 268 g/mol. The van der Waals surface area contributed by atoms with Crippen LogP contribution in [-0.2, 0) is 5.60 Å². The summed E-state index contributed by atoms with van der Waals surface area (Å²) in [6, 6.07) is 15.7. The van der Waals surface area contributed by atoms with Crippen molar-refractivity contribution in [1.29, 1.82) is 0 Å². The minimum atomic E-state index is -0.442. The Hall–Kier alpha value is -1.91. The van der Waals surface area contributed by atoms with Crippen LogP contribution in [0.2, 0.25) is 5.02 Å². The van der Waals surface area contributed by atoms with E-state index in [0.717, 1.165) is 11.1 Å². The van der Waals surface area contributed by atoms with Crippen LogP contribution in [0.1, 0.15) is 31.9 Å². The molecule has 0 spiro atoms. The van der Waals surface area contributed by atoms with Gasteiger partial charge in [0.15, 0.2) is 0 Å². The van der Waals surface area contributed by atoms with E-state index in [4.69, 9.17) is 16.3 Å². The highest BCUT2D eigenvalue weighted by Crippen LogP contribution is 2.32. The SMILES string of the molecule is CC#Cc1ccc(OC(C)(C)c2ccccc2)c(Cl)c1. The molecule has 0 aliphatic heterocycles. The molecule has 0 unspecified atom stereocenters. The maximum absolute atomic E-state index is 6.27. The molecule has 20 heavy (non-hydrogen) atoms. The molecule has 1 nitrogen and oxygen atoms in total. The molecule has 0 amide bonds. The fraction of sp³-hybridized carbons (Fsp3) is 0.222. The molecule has 0 saturated carbocycles. The maximum Gasteiger partial charge on any atom is 0.139 e. The van der Waals surface area contributed by atoms with Crippen molar-refractivity contribution in [3.05, 3.63) is 64.7 Å². The smallest absolute Gasteiger partial charge is 0.139 e. The van der Waals surface area contributed by atoms with Crippen molar-refractivity contribution in [2.75, 3.05) is 0 Å². The van der Waals surface area contributed by atoms with Gasteiger partial charge in [0, 0.05) is 5.56 Å². The molecule has 2 aromatic carbocycles. The van der Waals surface area contributed by atoms with Gasteiger partial charge in [0.1, 0.15) is 11.4 Å². The first kappa shape index (κ1) is 14.5. The summed E-state index contributed by atoms with van der Waals surface area (Å²) < 4.78 is 6.07. The van der Waals surface area contributed by atoms with Crippen molar-refractivity contribution in [3.8, 4) is 17.6 Å². The second-order valence-corrected chi connectivity index (χ2v) is 5.41.